The maximum atomic E-state index is 11.7. The van der Waals surface area contributed by atoms with E-state index < -0.39 is 5.97 Å². The van der Waals surface area contributed by atoms with Crippen LogP contribution in [0.1, 0.15) is 12.0 Å². The summed E-state index contributed by atoms with van der Waals surface area (Å²) < 4.78 is 4.48. The van der Waals surface area contributed by atoms with Crippen LogP contribution >= 0.6 is 0 Å². The number of quaternary nitrogens is 1. The molecule has 0 aromatic heterocycles. The number of nitrogens with one attached hydrogen (secondary N) is 2. The molecular weight excluding hydrogens is 268 g/mol. The summed E-state index contributed by atoms with van der Waals surface area (Å²) >= 11 is 0. The van der Waals surface area contributed by atoms with Gasteiger partial charge >= 0.3 is 5.97 Å². The van der Waals surface area contributed by atoms with E-state index in [0.717, 1.165) is 19.5 Å². The lowest BCUT2D eigenvalue weighted by Crippen LogP contribution is -3.13. The highest BCUT2D eigenvalue weighted by Gasteiger charge is 2.19. The average molecular weight is 289 g/mol. The molecule has 1 aliphatic rings. The second-order valence-electron chi connectivity index (χ2n) is 5.08. The van der Waals surface area contributed by atoms with Crippen LogP contribution < -0.4 is 10.2 Å². The highest BCUT2D eigenvalue weighted by molar-refractivity contribution is 5.82. The fourth-order valence-electron chi connectivity index (χ4n) is 2.39. The van der Waals surface area contributed by atoms with Gasteiger partial charge in [0.25, 0.3) is 5.91 Å². The molecule has 5 nitrogen and oxygen atoms in total. The summed E-state index contributed by atoms with van der Waals surface area (Å²) in [6.07, 6.45) is 3.16. The quantitative estimate of drug-likeness (QED) is 0.728. The molecule has 0 fully saturated rings. The van der Waals surface area contributed by atoms with E-state index in [-0.39, 0.29) is 12.5 Å². The van der Waals surface area contributed by atoms with Gasteiger partial charge in [0, 0.05) is 6.42 Å². The van der Waals surface area contributed by atoms with Crippen LogP contribution in [0.2, 0.25) is 0 Å². The third kappa shape index (κ3) is 4.72. The number of rotatable bonds is 5. The Morgan fingerprint density at radius 1 is 1.29 bits per heavy atom. The Balaban J connectivity index is 1.80. The van der Waals surface area contributed by atoms with Crippen LogP contribution in [-0.4, -0.2) is 45.2 Å². The maximum absolute atomic E-state index is 11.7. The molecule has 1 aromatic carbocycles. The van der Waals surface area contributed by atoms with Crippen molar-refractivity contribution in [3.05, 3.63) is 42.0 Å². The maximum Gasteiger partial charge on any atom is 0.325 e. The van der Waals surface area contributed by atoms with Crippen LogP contribution in [-0.2, 0) is 14.3 Å². The first-order chi connectivity index (χ1) is 10.2. The van der Waals surface area contributed by atoms with Gasteiger partial charge < -0.3 is 15.0 Å². The van der Waals surface area contributed by atoms with Crippen LogP contribution in [0.15, 0.2) is 36.4 Å². The molecule has 1 aliphatic heterocycles. The van der Waals surface area contributed by atoms with Crippen LogP contribution in [0.25, 0.3) is 5.57 Å². The minimum atomic E-state index is -0.428. The lowest BCUT2D eigenvalue weighted by atomic mass is 10.00. The van der Waals surface area contributed by atoms with Crippen molar-refractivity contribution in [1.82, 2.24) is 5.32 Å². The Labute approximate surface area is 124 Å². The van der Waals surface area contributed by atoms with Crippen molar-refractivity contribution in [1.29, 1.82) is 0 Å². The minimum absolute atomic E-state index is 0.0618. The van der Waals surface area contributed by atoms with Crippen molar-refractivity contribution < 1.29 is 19.2 Å². The molecule has 1 unspecified atom stereocenters. The van der Waals surface area contributed by atoms with Crippen LogP contribution in [0.3, 0.4) is 0 Å². The standard InChI is InChI=1S/C16H20N2O3/c1-21-16(20)11-17-15(19)12-18-9-7-14(8-10-18)13-5-3-2-4-6-13/h2-7H,8-12H2,1H3,(H,17,19)/p+1. The highest BCUT2D eigenvalue weighted by atomic mass is 16.5. The number of carbonyl (C=O) groups is 2. The van der Waals surface area contributed by atoms with Gasteiger partial charge in [0.05, 0.1) is 20.2 Å². The molecule has 21 heavy (non-hydrogen) atoms. The number of hydrogen-bond acceptors (Lipinski definition) is 3. The Hall–Kier alpha value is -2.14. The fourth-order valence-corrected chi connectivity index (χ4v) is 2.39. The zero-order valence-electron chi connectivity index (χ0n) is 12.2. The normalized spacial score (nSPS) is 17.8. The van der Waals surface area contributed by atoms with Crippen molar-refractivity contribution in [2.75, 3.05) is 33.3 Å². The molecule has 0 saturated carbocycles. The Kier molecular flexibility index (Phi) is 5.51. The number of esters is 1. The number of benzene rings is 1. The summed E-state index contributed by atoms with van der Waals surface area (Å²) in [7, 11) is 1.31. The van der Waals surface area contributed by atoms with Gasteiger partial charge in [0.15, 0.2) is 6.54 Å². The fraction of sp³-hybridized carbons (Fsp3) is 0.375. The summed E-state index contributed by atoms with van der Waals surface area (Å²) in [6, 6.07) is 10.3. The number of amides is 1. The van der Waals surface area contributed by atoms with E-state index in [2.05, 4.69) is 28.3 Å². The third-order valence-corrected chi connectivity index (χ3v) is 3.60. The molecule has 112 valence electrons. The first kappa shape index (κ1) is 15.3. The van der Waals surface area contributed by atoms with Crippen LogP contribution in [0, 0.1) is 0 Å². The molecule has 1 heterocycles. The van der Waals surface area contributed by atoms with E-state index in [0.29, 0.717) is 6.54 Å². The molecule has 2 rings (SSSR count). The molecule has 0 spiro atoms. The Morgan fingerprint density at radius 3 is 2.67 bits per heavy atom. The second-order valence-corrected chi connectivity index (χ2v) is 5.08. The lowest BCUT2D eigenvalue weighted by molar-refractivity contribution is -0.886. The summed E-state index contributed by atoms with van der Waals surface area (Å²) in [6.45, 7) is 2.07. The van der Waals surface area contributed by atoms with Crippen molar-refractivity contribution in [2.45, 2.75) is 6.42 Å². The molecule has 2 N–H and O–H groups in total. The predicted molar refractivity (Wildman–Crippen MR) is 79.6 cm³/mol. The van der Waals surface area contributed by atoms with Crippen molar-refractivity contribution in [3.63, 3.8) is 0 Å². The number of carbonyl (C=O) groups excluding carboxylic acids is 2. The summed E-state index contributed by atoms with van der Waals surface area (Å²) in [5.74, 6) is -0.546. The molecule has 1 atom stereocenters. The van der Waals surface area contributed by atoms with Gasteiger partial charge in [-0.3, -0.25) is 9.59 Å². The van der Waals surface area contributed by atoms with Gasteiger partial charge in [-0.1, -0.05) is 30.3 Å². The van der Waals surface area contributed by atoms with Crippen molar-refractivity contribution in [3.8, 4) is 0 Å². The van der Waals surface area contributed by atoms with Gasteiger partial charge in [0.1, 0.15) is 6.54 Å². The predicted octanol–water partition coefficient (Wildman–Crippen LogP) is -0.352. The minimum Gasteiger partial charge on any atom is -0.468 e. The average Bonchev–Trinajstić information content (AvgIpc) is 2.54. The number of ether oxygens (including phenoxy) is 1. The Bertz CT molecular complexity index is 526. The lowest BCUT2D eigenvalue weighted by Gasteiger charge is -2.23. The van der Waals surface area contributed by atoms with Gasteiger partial charge in [-0.15, -0.1) is 0 Å². The monoisotopic (exact) mass is 289 g/mol. The van der Waals surface area contributed by atoms with Crippen molar-refractivity contribution >= 4 is 17.4 Å². The molecule has 0 aliphatic carbocycles. The molecular formula is C16H21N2O3+. The van der Waals surface area contributed by atoms with Gasteiger partial charge in [-0.2, -0.15) is 0 Å². The van der Waals surface area contributed by atoms with E-state index in [1.807, 2.05) is 18.2 Å². The van der Waals surface area contributed by atoms with Gasteiger partial charge in [-0.05, 0) is 17.2 Å². The van der Waals surface area contributed by atoms with Crippen LogP contribution in [0.4, 0.5) is 0 Å². The zero-order chi connectivity index (χ0) is 15.1. The molecule has 0 saturated heterocycles. The largest absolute Gasteiger partial charge is 0.468 e. The van der Waals surface area contributed by atoms with E-state index in [9.17, 15) is 9.59 Å². The van der Waals surface area contributed by atoms with Gasteiger partial charge in [-0.25, -0.2) is 0 Å². The molecule has 0 radical (unpaired) electrons. The van der Waals surface area contributed by atoms with Gasteiger partial charge in [0.2, 0.25) is 0 Å². The van der Waals surface area contributed by atoms with E-state index in [4.69, 9.17) is 0 Å². The summed E-state index contributed by atoms with van der Waals surface area (Å²) in [4.78, 5) is 23.9. The number of hydrogen-bond donors (Lipinski definition) is 2. The SMILES string of the molecule is COC(=O)CNC(=O)C[NH+]1CC=C(c2ccccc2)CC1. The van der Waals surface area contributed by atoms with E-state index >= 15 is 0 Å². The summed E-state index contributed by atoms with van der Waals surface area (Å²) in [5, 5.41) is 2.57. The van der Waals surface area contributed by atoms with Crippen molar-refractivity contribution in [2.24, 2.45) is 0 Å². The Morgan fingerprint density at radius 2 is 2.05 bits per heavy atom. The van der Waals surface area contributed by atoms with E-state index in [1.165, 1.54) is 23.1 Å². The third-order valence-electron chi connectivity index (χ3n) is 3.60. The smallest absolute Gasteiger partial charge is 0.325 e. The molecule has 5 heteroatoms. The summed E-state index contributed by atoms with van der Waals surface area (Å²) in [5.41, 5.74) is 2.60. The zero-order valence-corrected chi connectivity index (χ0v) is 12.2. The molecule has 1 aromatic rings. The molecule has 0 bridgehead atoms. The molecule has 1 amide bonds. The first-order valence-corrected chi connectivity index (χ1v) is 7.10. The first-order valence-electron chi connectivity index (χ1n) is 7.10. The highest BCUT2D eigenvalue weighted by Crippen LogP contribution is 2.17. The topological polar surface area (TPSA) is 59.8 Å². The van der Waals surface area contributed by atoms with E-state index in [1.54, 1.807) is 0 Å². The van der Waals surface area contributed by atoms with Crippen LogP contribution in [0.5, 0.6) is 0 Å². The second kappa shape index (κ2) is 7.59. The number of methoxy groups -OCH3 is 1.